The molecule has 5 heteroatoms. The molecule has 2 nitrogen and oxygen atoms in total. The van der Waals surface area contributed by atoms with Gasteiger partial charge in [-0.25, -0.2) is 8.78 Å². The molecule has 0 bridgehead atoms. The molecule has 2 N–H and O–H groups in total. The second-order valence-corrected chi connectivity index (χ2v) is 4.46. The predicted molar refractivity (Wildman–Crippen MR) is 69.7 cm³/mol. The number of hydrogen-bond donors (Lipinski definition) is 1. The van der Waals surface area contributed by atoms with Gasteiger partial charge in [-0.15, -0.1) is 0 Å². The molecule has 0 aliphatic carbocycles. The van der Waals surface area contributed by atoms with Crippen LogP contribution in [0.3, 0.4) is 0 Å². The van der Waals surface area contributed by atoms with Gasteiger partial charge < -0.3 is 5.73 Å². The van der Waals surface area contributed by atoms with E-state index in [-0.39, 0.29) is 11.4 Å². The Morgan fingerprint density at radius 1 is 1.16 bits per heavy atom. The molecule has 0 spiro atoms. The van der Waals surface area contributed by atoms with E-state index in [9.17, 15) is 13.6 Å². The maximum atomic E-state index is 13.2. The minimum atomic E-state index is -0.689. The first-order valence-corrected chi connectivity index (χ1v) is 5.87. The fraction of sp³-hybridized carbons (Fsp3) is 0.0714. The van der Waals surface area contributed by atoms with Gasteiger partial charge in [0.2, 0.25) is 5.91 Å². The van der Waals surface area contributed by atoms with Crippen molar-refractivity contribution < 1.29 is 13.6 Å². The number of carbonyl (C=O) groups excluding carboxylic acids is 1. The van der Waals surface area contributed by atoms with Crippen molar-refractivity contribution in [2.45, 2.75) is 6.42 Å². The van der Waals surface area contributed by atoms with Crippen molar-refractivity contribution >= 4 is 17.5 Å². The van der Waals surface area contributed by atoms with E-state index in [1.54, 1.807) is 18.2 Å². The molecular weight excluding hydrogens is 272 g/mol. The molecule has 98 valence electrons. The van der Waals surface area contributed by atoms with Gasteiger partial charge in [-0.3, -0.25) is 4.79 Å². The Morgan fingerprint density at radius 2 is 1.79 bits per heavy atom. The van der Waals surface area contributed by atoms with Crippen LogP contribution in [0, 0.1) is 11.6 Å². The summed E-state index contributed by atoms with van der Waals surface area (Å²) in [6.45, 7) is 0. The van der Waals surface area contributed by atoms with Gasteiger partial charge in [0.15, 0.2) is 0 Å². The summed E-state index contributed by atoms with van der Waals surface area (Å²) >= 11 is 6.14. The van der Waals surface area contributed by atoms with E-state index < -0.39 is 17.5 Å². The minimum Gasteiger partial charge on any atom is -0.369 e. The second-order valence-electron chi connectivity index (χ2n) is 4.08. The monoisotopic (exact) mass is 281 g/mol. The Morgan fingerprint density at radius 3 is 2.37 bits per heavy atom. The molecule has 0 saturated heterocycles. The summed E-state index contributed by atoms with van der Waals surface area (Å²) in [5.74, 6) is -1.90. The Balaban J connectivity index is 2.53. The number of nitrogens with two attached hydrogens (primary N) is 1. The lowest BCUT2D eigenvalue weighted by Crippen LogP contribution is -2.14. The average molecular weight is 282 g/mol. The van der Waals surface area contributed by atoms with Gasteiger partial charge in [0.05, 0.1) is 11.4 Å². The zero-order valence-electron chi connectivity index (χ0n) is 9.79. The van der Waals surface area contributed by atoms with Gasteiger partial charge in [-0.2, -0.15) is 0 Å². The normalized spacial score (nSPS) is 10.5. The molecule has 0 unspecified atom stereocenters. The van der Waals surface area contributed by atoms with Crippen LogP contribution in [0.5, 0.6) is 0 Å². The molecule has 0 aliphatic heterocycles. The number of benzene rings is 2. The van der Waals surface area contributed by atoms with Crippen LogP contribution in [0.1, 0.15) is 5.56 Å². The molecule has 0 aliphatic rings. The topological polar surface area (TPSA) is 43.1 Å². The first-order valence-electron chi connectivity index (χ1n) is 5.49. The highest BCUT2D eigenvalue weighted by Gasteiger charge is 2.11. The van der Waals surface area contributed by atoms with Crippen LogP contribution in [0.4, 0.5) is 8.78 Å². The van der Waals surface area contributed by atoms with Crippen LogP contribution in [0.2, 0.25) is 5.02 Å². The van der Waals surface area contributed by atoms with Gasteiger partial charge in [-0.05, 0) is 23.3 Å². The Kier molecular flexibility index (Phi) is 3.81. The highest BCUT2D eigenvalue weighted by molar-refractivity contribution is 6.34. The van der Waals surface area contributed by atoms with E-state index in [4.69, 9.17) is 17.3 Å². The van der Waals surface area contributed by atoms with Gasteiger partial charge in [0, 0.05) is 11.6 Å². The smallest absolute Gasteiger partial charge is 0.221 e. The molecule has 2 aromatic rings. The maximum Gasteiger partial charge on any atom is 0.221 e. The first kappa shape index (κ1) is 13.5. The van der Waals surface area contributed by atoms with E-state index in [1.807, 2.05) is 0 Å². The highest BCUT2D eigenvalue weighted by atomic mass is 35.5. The van der Waals surface area contributed by atoms with Gasteiger partial charge in [-0.1, -0.05) is 29.8 Å². The molecule has 2 aromatic carbocycles. The zero-order valence-corrected chi connectivity index (χ0v) is 10.5. The lowest BCUT2D eigenvalue weighted by Gasteiger charge is -2.09. The highest BCUT2D eigenvalue weighted by Crippen LogP contribution is 2.31. The van der Waals surface area contributed by atoms with Crippen molar-refractivity contribution in [1.82, 2.24) is 0 Å². The number of hydrogen-bond acceptors (Lipinski definition) is 1. The molecule has 0 fully saturated rings. The third-order valence-corrected chi connectivity index (χ3v) is 3.06. The summed E-state index contributed by atoms with van der Waals surface area (Å²) in [4.78, 5) is 10.9. The van der Waals surface area contributed by atoms with Gasteiger partial charge in [0.1, 0.15) is 11.6 Å². The fourth-order valence-electron chi connectivity index (χ4n) is 1.84. The minimum absolute atomic E-state index is 0.0233. The molecular formula is C14H10ClF2NO. The van der Waals surface area contributed by atoms with Crippen molar-refractivity contribution in [2.75, 3.05) is 0 Å². The summed E-state index contributed by atoms with van der Waals surface area (Å²) in [7, 11) is 0. The number of primary amides is 1. The summed E-state index contributed by atoms with van der Waals surface area (Å²) in [6.07, 6.45) is -0.0233. The number of amides is 1. The van der Waals surface area contributed by atoms with Crippen LogP contribution < -0.4 is 5.73 Å². The number of carbonyl (C=O) groups is 1. The molecule has 1 amide bonds. The Labute approximate surface area is 113 Å². The third kappa shape index (κ3) is 3.09. The molecule has 19 heavy (non-hydrogen) atoms. The summed E-state index contributed by atoms with van der Waals surface area (Å²) in [6, 6.07) is 8.07. The van der Waals surface area contributed by atoms with Crippen molar-refractivity contribution in [1.29, 1.82) is 0 Å². The molecule has 0 aromatic heterocycles. The van der Waals surface area contributed by atoms with E-state index in [1.165, 1.54) is 12.1 Å². The summed E-state index contributed by atoms with van der Waals surface area (Å²) in [5.41, 5.74) is 6.41. The molecule has 0 heterocycles. The van der Waals surface area contributed by atoms with E-state index in [2.05, 4.69) is 0 Å². The molecule has 0 radical (unpaired) electrons. The standard InChI is InChI=1S/C14H10ClF2NO/c15-14-8(6-13(18)19)2-1-3-12(14)9-4-10(16)7-11(17)5-9/h1-5,7H,6H2,(H2,18,19). The lowest BCUT2D eigenvalue weighted by molar-refractivity contribution is -0.117. The molecule has 0 atom stereocenters. The van der Waals surface area contributed by atoms with Crippen LogP contribution in [-0.2, 0) is 11.2 Å². The van der Waals surface area contributed by atoms with E-state index >= 15 is 0 Å². The SMILES string of the molecule is NC(=O)Cc1cccc(-c2cc(F)cc(F)c2)c1Cl. The van der Waals surface area contributed by atoms with Crippen molar-refractivity contribution in [3.63, 3.8) is 0 Å². The number of rotatable bonds is 3. The average Bonchev–Trinajstić information content (AvgIpc) is 2.30. The van der Waals surface area contributed by atoms with Gasteiger partial charge in [0.25, 0.3) is 0 Å². The largest absolute Gasteiger partial charge is 0.369 e. The lowest BCUT2D eigenvalue weighted by atomic mass is 10.0. The van der Waals surface area contributed by atoms with E-state index in [0.29, 0.717) is 16.7 Å². The fourth-order valence-corrected chi connectivity index (χ4v) is 2.14. The third-order valence-electron chi connectivity index (χ3n) is 2.62. The van der Waals surface area contributed by atoms with Crippen LogP contribution in [0.15, 0.2) is 36.4 Å². The predicted octanol–water partition coefficient (Wildman–Crippen LogP) is 3.31. The quantitative estimate of drug-likeness (QED) is 0.921. The Hall–Kier alpha value is -1.94. The maximum absolute atomic E-state index is 13.2. The van der Waals surface area contributed by atoms with E-state index in [0.717, 1.165) is 6.07 Å². The van der Waals surface area contributed by atoms with Crippen molar-refractivity contribution in [3.05, 3.63) is 58.6 Å². The van der Waals surface area contributed by atoms with Crippen molar-refractivity contribution in [2.24, 2.45) is 5.73 Å². The van der Waals surface area contributed by atoms with Crippen LogP contribution >= 0.6 is 11.6 Å². The van der Waals surface area contributed by atoms with Crippen LogP contribution in [0.25, 0.3) is 11.1 Å². The summed E-state index contributed by atoms with van der Waals surface area (Å²) in [5, 5.41) is 0.270. The number of halogens is 3. The van der Waals surface area contributed by atoms with Gasteiger partial charge >= 0.3 is 0 Å². The first-order chi connectivity index (χ1) is 8.97. The van der Waals surface area contributed by atoms with Crippen LogP contribution in [-0.4, -0.2) is 5.91 Å². The molecule has 2 rings (SSSR count). The van der Waals surface area contributed by atoms with Crippen molar-refractivity contribution in [3.8, 4) is 11.1 Å². The molecule has 0 saturated carbocycles. The second kappa shape index (κ2) is 5.36. The summed E-state index contributed by atoms with van der Waals surface area (Å²) < 4.78 is 26.4. The Bertz CT molecular complexity index is 623. The zero-order chi connectivity index (χ0) is 14.0.